The average Bonchev–Trinajstić information content (AvgIpc) is 2.35. The highest BCUT2D eigenvalue weighted by Crippen LogP contribution is 2.29. The highest BCUT2D eigenvalue weighted by molar-refractivity contribution is 5.89. The summed E-state index contributed by atoms with van der Waals surface area (Å²) in [5.41, 5.74) is 6.92. The first-order valence-electron chi connectivity index (χ1n) is 6.91. The van der Waals surface area contributed by atoms with E-state index in [1.54, 1.807) is 45.9 Å². The zero-order valence-corrected chi connectivity index (χ0v) is 13.2. The van der Waals surface area contributed by atoms with Crippen molar-refractivity contribution in [3.63, 3.8) is 0 Å². The van der Waals surface area contributed by atoms with E-state index in [2.05, 4.69) is 0 Å². The minimum absolute atomic E-state index is 0.184. The van der Waals surface area contributed by atoms with E-state index in [9.17, 15) is 9.59 Å². The van der Waals surface area contributed by atoms with Crippen LogP contribution in [0, 0.1) is 0 Å². The molecule has 0 amide bonds. The lowest BCUT2D eigenvalue weighted by Crippen LogP contribution is -2.26. The molecule has 0 aliphatic heterocycles. The van der Waals surface area contributed by atoms with Gasteiger partial charge in [-0.2, -0.15) is 0 Å². The zero-order chi connectivity index (χ0) is 16.2. The quantitative estimate of drug-likeness (QED) is 0.844. The van der Waals surface area contributed by atoms with Crippen LogP contribution in [0.4, 0.5) is 0 Å². The smallest absolute Gasteiger partial charge is 0.338 e. The lowest BCUT2D eigenvalue weighted by molar-refractivity contribution is -0.154. The maximum absolute atomic E-state index is 11.9. The number of benzene rings is 1. The number of esters is 2. The molecule has 5 heteroatoms. The Hall–Kier alpha value is -1.88. The fourth-order valence-electron chi connectivity index (χ4n) is 2.17. The summed E-state index contributed by atoms with van der Waals surface area (Å²) in [5.74, 6) is -0.761. The van der Waals surface area contributed by atoms with Crippen LogP contribution in [0.15, 0.2) is 18.2 Å². The van der Waals surface area contributed by atoms with Gasteiger partial charge < -0.3 is 15.2 Å². The summed E-state index contributed by atoms with van der Waals surface area (Å²) in [4.78, 5) is 23.1. The van der Waals surface area contributed by atoms with Crippen molar-refractivity contribution in [2.45, 2.75) is 52.9 Å². The minimum atomic E-state index is -0.805. The van der Waals surface area contributed by atoms with Gasteiger partial charge in [0.15, 0.2) is 0 Å². The monoisotopic (exact) mass is 293 g/mol. The summed E-state index contributed by atoms with van der Waals surface area (Å²) in [7, 11) is 0. The predicted octanol–water partition coefficient (Wildman–Crippen LogP) is 2.51. The SMILES string of the molecule is CC(=O)OC(C)(C)c1ccc(C(=O)OC(C)C)cc1CN. The standard InChI is InChI=1S/C16H23NO4/c1-10(2)20-15(19)12-6-7-14(13(8-12)9-17)16(4,5)21-11(3)18/h6-8,10H,9,17H2,1-5H3. The molecule has 1 aromatic rings. The number of carbonyl (C=O) groups is 2. The van der Waals surface area contributed by atoms with Gasteiger partial charge in [-0.1, -0.05) is 6.07 Å². The van der Waals surface area contributed by atoms with Crippen LogP contribution in [0.1, 0.15) is 56.1 Å². The Morgan fingerprint density at radius 3 is 2.38 bits per heavy atom. The Kier molecular flexibility index (Phi) is 5.49. The first-order chi connectivity index (χ1) is 9.67. The van der Waals surface area contributed by atoms with Gasteiger partial charge in [0.2, 0.25) is 0 Å². The molecule has 0 atom stereocenters. The molecule has 0 spiro atoms. The molecular weight excluding hydrogens is 270 g/mol. The van der Waals surface area contributed by atoms with Crippen molar-refractivity contribution in [3.8, 4) is 0 Å². The van der Waals surface area contributed by atoms with E-state index in [0.717, 1.165) is 11.1 Å². The molecular formula is C16H23NO4. The number of hydrogen-bond donors (Lipinski definition) is 1. The molecule has 0 aliphatic rings. The third-order valence-electron chi connectivity index (χ3n) is 2.95. The molecule has 0 fully saturated rings. The van der Waals surface area contributed by atoms with Gasteiger partial charge in [-0.05, 0) is 51.0 Å². The third-order valence-corrected chi connectivity index (χ3v) is 2.95. The second-order valence-electron chi connectivity index (χ2n) is 5.63. The van der Waals surface area contributed by atoms with Gasteiger partial charge >= 0.3 is 11.9 Å². The van der Waals surface area contributed by atoms with Crippen LogP contribution in [0.2, 0.25) is 0 Å². The molecule has 0 saturated carbocycles. The van der Waals surface area contributed by atoms with E-state index in [-0.39, 0.29) is 18.6 Å². The summed E-state index contributed by atoms with van der Waals surface area (Å²) < 4.78 is 10.5. The van der Waals surface area contributed by atoms with Crippen LogP contribution in [0.3, 0.4) is 0 Å². The largest absolute Gasteiger partial charge is 0.459 e. The molecule has 0 aliphatic carbocycles. The second-order valence-corrected chi connectivity index (χ2v) is 5.63. The van der Waals surface area contributed by atoms with Crippen molar-refractivity contribution >= 4 is 11.9 Å². The van der Waals surface area contributed by atoms with Crippen molar-refractivity contribution < 1.29 is 19.1 Å². The molecule has 0 saturated heterocycles. The van der Waals surface area contributed by atoms with E-state index >= 15 is 0 Å². The Balaban J connectivity index is 3.15. The Morgan fingerprint density at radius 1 is 1.29 bits per heavy atom. The van der Waals surface area contributed by atoms with Gasteiger partial charge in [0.1, 0.15) is 5.60 Å². The summed E-state index contributed by atoms with van der Waals surface area (Å²) in [6, 6.07) is 5.10. The van der Waals surface area contributed by atoms with Crippen molar-refractivity contribution in [2.75, 3.05) is 0 Å². The van der Waals surface area contributed by atoms with Crippen molar-refractivity contribution in [2.24, 2.45) is 5.73 Å². The Bertz CT molecular complexity index is 535. The summed E-state index contributed by atoms with van der Waals surface area (Å²) >= 11 is 0. The van der Waals surface area contributed by atoms with Crippen molar-refractivity contribution in [1.82, 2.24) is 0 Å². The highest BCUT2D eigenvalue weighted by atomic mass is 16.6. The lowest BCUT2D eigenvalue weighted by Gasteiger charge is -2.27. The van der Waals surface area contributed by atoms with Gasteiger partial charge in [0.05, 0.1) is 11.7 Å². The summed E-state index contributed by atoms with van der Waals surface area (Å²) in [6.45, 7) is 8.75. The van der Waals surface area contributed by atoms with Gasteiger partial charge in [-0.25, -0.2) is 4.79 Å². The predicted molar refractivity (Wildman–Crippen MR) is 79.7 cm³/mol. The molecule has 0 bridgehead atoms. The molecule has 116 valence electrons. The molecule has 21 heavy (non-hydrogen) atoms. The number of carbonyl (C=O) groups excluding carboxylic acids is 2. The third kappa shape index (κ3) is 4.56. The fraction of sp³-hybridized carbons (Fsp3) is 0.500. The molecule has 0 unspecified atom stereocenters. The molecule has 0 radical (unpaired) electrons. The fourth-order valence-corrected chi connectivity index (χ4v) is 2.17. The molecule has 1 rings (SSSR count). The van der Waals surface area contributed by atoms with Crippen LogP contribution >= 0.6 is 0 Å². The Morgan fingerprint density at radius 2 is 1.90 bits per heavy atom. The van der Waals surface area contributed by atoms with E-state index in [0.29, 0.717) is 5.56 Å². The molecule has 0 aromatic heterocycles. The van der Waals surface area contributed by atoms with E-state index in [1.165, 1.54) is 6.92 Å². The van der Waals surface area contributed by atoms with Gasteiger partial charge in [-0.3, -0.25) is 4.79 Å². The normalized spacial score (nSPS) is 11.4. The summed E-state index contributed by atoms with van der Waals surface area (Å²) in [6.07, 6.45) is -0.184. The maximum Gasteiger partial charge on any atom is 0.338 e. The number of ether oxygens (including phenoxy) is 2. The van der Waals surface area contributed by atoms with E-state index in [1.807, 2.05) is 0 Å². The van der Waals surface area contributed by atoms with Crippen LogP contribution in [0.5, 0.6) is 0 Å². The number of rotatable bonds is 5. The topological polar surface area (TPSA) is 78.6 Å². The molecule has 2 N–H and O–H groups in total. The summed E-state index contributed by atoms with van der Waals surface area (Å²) in [5, 5.41) is 0. The number of hydrogen-bond acceptors (Lipinski definition) is 5. The van der Waals surface area contributed by atoms with Crippen LogP contribution in [-0.2, 0) is 26.4 Å². The zero-order valence-electron chi connectivity index (χ0n) is 13.2. The first kappa shape index (κ1) is 17.2. The lowest BCUT2D eigenvalue weighted by atomic mass is 9.91. The average molecular weight is 293 g/mol. The Labute approximate surface area is 125 Å². The van der Waals surface area contributed by atoms with Crippen LogP contribution in [0.25, 0.3) is 0 Å². The second kappa shape index (κ2) is 6.72. The van der Waals surface area contributed by atoms with Crippen LogP contribution in [-0.4, -0.2) is 18.0 Å². The highest BCUT2D eigenvalue weighted by Gasteiger charge is 2.27. The molecule has 5 nitrogen and oxygen atoms in total. The van der Waals surface area contributed by atoms with E-state index < -0.39 is 11.6 Å². The minimum Gasteiger partial charge on any atom is -0.459 e. The van der Waals surface area contributed by atoms with Crippen LogP contribution < -0.4 is 5.73 Å². The van der Waals surface area contributed by atoms with Gasteiger partial charge in [-0.15, -0.1) is 0 Å². The maximum atomic E-state index is 11.9. The molecule has 0 heterocycles. The first-order valence-corrected chi connectivity index (χ1v) is 6.91. The van der Waals surface area contributed by atoms with Crippen molar-refractivity contribution in [1.29, 1.82) is 0 Å². The van der Waals surface area contributed by atoms with Gasteiger partial charge in [0.25, 0.3) is 0 Å². The molecule has 1 aromatic carbocycles. The van der Waals surface area contributed by atoms with E-state index in [4.69, 9.17) is 15.2 Å². The van der Waals surface area contributed by atoms with Gasteiger partial charge in [0, 0.05) is 13.5 Å². The number of nitrogens with two attached hydrogens (primary N) is 1. The van der Waals surface area contributed by atoms with Crippen molar-refractivity contribution in [3.05, 3.63) is 34.9 Å².